The Bertz CT molecular complexity index is 829. The topological polar surface area (TPSA) is 67.9 Å². The zero-order valence-corrected chi connectivity index (χ0v) is 15.2. The molecule has 6 nitrogen and oxygen atoms in total. The fourth-order valence-electron chi connectivity index (χ4n) is 2.74. The summed E-state index contributed by atoms with van der Waals surface area (Å²) >= 11 is 0. The van der Waals surface area contributed by atoms with E-state index in [-0.39, 0.29) is 4.90 Å². The predicted molar refractivity (Wildman–Crippen MR) is 98.0 cm³/mol. The molecule has 1 aliphatic heterocycles. The molecule has 0 bridgehead atoms. The van der Waals surface area contributed by atoms with Crippen LogP contribution in [0.3, 0.4) is 0 Å². The lowest BCUT2D eigenvalue weighted by Crippen LogP contribution is -2.36. The molecule has 0 aromatic heterocycles. The minimum Gasteiger partial charge on any atom is -0.497 e. The first-order chi connectivity index (χ1) is 12.0. The van der Waals surface area contributed by atoms with Crippen molar-refractivity contribution in [1.82, 2.24) is 0 Å². The summed E-state index contributed by atoms with van der Waals surface area (Å²) < 4.78 is 38.2. The van der Waals surface area contributed by atoms with Crippen molar-refractivity contribution in [2.45, 2.75) is 11.8 Å². The molecule has 1 fully saturated rings. The first-order valence-corrected chi connectivity index (χ1v) is 9.58. The third-order valence-corrected chi connectivity index (χ3v) is 5.58. The van der Waals surface area contributed by atoms with Crippen LogP contribution >= 0.6 is 0 Å². The van der Waals surface area contributed by atoms with Crippen LogP contribution in [0.5, 0.6) is 5.75 Å². The number of nitrogens with zero attached hydrogens (tertiary/aromatic N) is 1. The van der Waals surface area contributed by atoms with Gasteiger partial charge in [0, 0.05) is 18.8 Å². The van der Waals surface area contributed by atoms with Crippen LogP contribution in [0.15, 0.2) is 47.4 Å². The van der Waals surface area contributed by atoms with Gasteiger partial charge in [0.05, 0.1) is 30.9 Å². The van der Waals surface area contributed by atoms with Gasteiger partial charge in [-0.1, -0.05) is 0 Å². The maximum atomic E-state index is 12.6. The molecule has 3 rings (SSSR count). The first kappa shape index (κ1) is 17.6. The summed E-state index contributed by atoms with van der Waals surface area (Å²) in [6, 6.07) is 12.0. The molecule has 2 aromatic carbocycles. The first-order valence-electron chi connectivity index (χ1n) is 8.10. The number of ether oxygens (including phenoxy) is 2. The number of sulfonamides is 1. The van der Waals surface area contributed by atoms with Gasteiger partial charge in [0.1, 0.15) is 5.75 Å². The van der Waals surface area contributed by atoms with Gasteiger partial charge >= 0.3 is 0 Å². The molecule has 0 radical (unpaired) electrons. The van der Waals surface area contributed by atoms with E-state index in [2.05, 4.69) is 9.62 Å². The van der Waals surface area contributed by atoms with E-state index < -0.39 is 10.0 Å². The van der Waals surface area contributed by atoms with Crippen LogP contribution in [-0.4, -0.2) is 41.8 Å². The van der Waals surface area contributed by atoms with Crippen molar-refractivity contribution in [2.75, 3.05) is 43.0 Å². The Morgan fingerprint density at radius 2 is 1.76 bits per heavy atom. The highest BCUT2D eigenvalue weighted by Crippen LogP contribution is 2.26. The third kappa shape index (κ3) is 4.05. The average molecular weight is 362 g/mol. The van der Waals surface area contributed by atoms with Crippen molar-refractivity contribution in [3.63, 3.8) is 0 Å². The number of morpholine rings is 1. The van der Waals surface area contributed by atoms with Crippen LogP contribution in [0, 0.1) is 6.92 Å². The summed E-state index contributed by atoms with van der Waals surface area (Å²) in [4.78, 5) is 2.43. The standard InChI is InChI=1S/C18H22N2O4S/c1-14-13-15(20-9-11-24-12-10-20)3-8-18(14)19-25(21,22)17-6-4-16(23-2)5-7-17/h3-8,13,19H,9-12H2,1-2H3. The van der Waals surface area contributed by atoms with Gasteiger partial charge in [0.2, 0.25) is 0 Å². The van der Waals surface area contributed by atoms with Crippen molar-refractivity contribution >= 4 is 21.4 Å². The largest absolute Gasteiger partial charge is 0.497 e. The number of methoxy groups -OCH3 is 1. The lowest BCUT2D eigenvalue weighted by Gasteiger charge is -2.29. The van der Waals surface area contributed by atoms with Gasteiger partial charge in [-0.2, -0.15) is 0 Å². The number of rotatable bonds is 5. The summed E-state index contributed by atoms with van der Waals surface area (Å²) in [7, 11) is -2.09. The molecule has 0 amide bonds. The van der Waals surface area contributed by atoms with Crippen LogP contribution in [0.25, 0.3) is 0 Å². The number of hydrogen-bond acceptors (Lipinski definition) is 5. The molecule has 0 unspecified atom stereocenters. The number of hydrogen-bond donors (Lipinski definition) is 1. The summed E-state index contributed by atoms with van der Waals surface area (Å²) in [5, 5.41) is 0. The van der Waals surface area contributed by atoms with Gasteiger partial charge in [-0.15, -0.1) is 0 Å². The normalized spacial score (nSPS) is 15.0. The molecule has 0 spiro atoms. The Kier molecular flexibility index (Phi) is 5.15. The Morgan fingerprint density at radius 1 is 1.08 bits per heavy atom. The van der Waals surface area contributed by atoms with Crippen LogP contribution in [-0.2, 0) is 14.8 Å². The number of anilines is 2. The second-order valence-electron chi connectivity index (χ2n) is 5.88. The molecular formula is C18H22N2O4S. The second-order valence-corrected chi connectivity index (χ2v) is 7.56. The van der Waals surface area contributed by atoms with E-state index in [0.29, 0.717) is 24.7 Å². The van der Waals surface area contributed by atoms with Crippen molar-refractivity contribution in [1.29, 1.82) is 0 Å². The van der Waals surface area contributed by atoms with Crippen LogP contribution in [0.1, 0.15) is 5.56 Å². The van der Waals surface area contributed by atoms with E-state index in [1.165, 1.54) is 12.1 Å². The number of aryl methyl sites for hydroxylation is 1. The van der Waals surface area contributed by atoms with E-state index in [4.69, 9.17) is 9.47 Å². The zero-order chi connectivity index (χ0) is 17.9. The minimum absolute atomic E-state index is 0.199. The van der Waals surface area contributed by atoms with E-state index in [1.54, 1.807) is 25.3 Å². The van der Waals surface area contributed by atoms with Gasteiger partial charge < -0.3 is 14.4 Å². The Morgan fingerprint density at radius 3 is 2.36 bits per heavy atom. The number of nitrogens with one attached hydrogen (secondary N) is 1. The molecular weight excluding hydrogens is 340 g/mol. The molecule has 0 aliphatic carbocycles. The Hall–Kier alpha value is -2.25. The summed E-state index contributed by atoms with van der Waals surface area (Å²) in [5.74, 6) is 0.616. The van der Waals surface area contributed by atoms with Gasteiger partial charge in [-0.05, 0) is 55.0 Å². The van der Waals surface area contributed by atoms with E-state index in [9.17, 15) is 8.42 Å². The van der Waals surface area contributed by atoms with Gasteiger partial charge in [0.25, 0.3) is 10.0 Å². The van der Waals surface area contributed by atoms with Crippen molar-refractivity contribution < 1.29 is 17.9 Å². The molecule has 25 heavy (non-hydrogen) atoms. The summed E-state index contributed by atoms with van der Waals surface area (Å²) in [5.41, 5.74) is 2.53. The van der Waals surface area contributed by atoms with Crippen LogP contribution < -0.4 is 14.4 Å². The van der Waals surface area contributed by atoms with E-state index in [1.807, 2.05) is 19.1 Å². The van der Waals surface area contributed by atoms with Crippen molar-refractivity contribution in [3.8, 4) is 5.75 Å². The fraction of sp³-hybridized carbons (Fsp3) is 0.333. The second kappa shape index (κ2) is 7.33. The monoisotopic (exact) mass is 362 g/mol. The Balaban J connectivity index is 1.79. The summed E-state index contributed by atoms with van der Waals surface area (Å²) in [6.07, 6.45) is 0. The lowest BCUT2D eigenvalue weighted by molar-refractivity contribution is 0.122. The highest BCUT2D eigenvalue weighted by molar-refractivity contribution is 7.92. The molecule has 1 saturated heterocycles. The minimum atomic E-state index is -3.64. The van der Waals surface area contributed by atoms with E-state index in [0.717, 1.165) is 24.3 Å². The molecule has 1 aliphatic rings. The van der Waals surface area contributed by atoms with E-state index >= 15 is 0 Å². The summed E-state index contributed by atoms with van der Waals surface area (Å²) in [6.45, 7) is 5.01. The van der Waals surface area contributed by atoms with Crippen molar-refractivity contribution in [2.24, 2.45) is 0 Å². The molecule has 1 N–H and O–H groups in total. The molecule has 134 valence electrons. The molecule has 1 heterocycles. The van der Waals surface area contributed by atoms with Crippen LogP contribution in [0.4, 0.5) is 11.4 Å². The van der Waals surface area contributed by atoms with Gasteiger partial charge in [-0.3, -0.25) is 4.72 Å². The zero-order valence-electron chi connectivity index (χ0n) is 14.4. The smallest absolute Gasteiger partial charge is 0.261 e. The van der Waals surface area contributed by atoms with Crippen LogP contribution in [0.2, 0.25) is 0 Å². The molecule has 0 saturated carbocycles. The fourth-order valence-corrected chi connectivity index (χ4v) is 3.87. The van der Waals surface area contributed by atoms with Crippen molar-refractivity contribution in [3.05, 3.63) is 48.0 Å². The Labute approximate surface area is 148 Å². The molecule has 7 heteroatoms. The number of benzene rings is 2. The SMILES string of the molecule is COc1ccc(S(=O)(=O)Nc2ccc(N3CCOCC3)cc2C)cc1. The third-order valence-electron chi connectivity index (χ3n) is 4.20. The molecule has 0 atom stereocenters. The quantitative estimate of drug-likeness (QED) is 0.886. The average Bonchev–Trinajstić information content (AvgIpc) is 2.64. The maximum absolute atomic E-state index is 12.6. The molecule has 2 aromatic rings. The maximum Gasteiger partial charge on any atom is 0.261 e. The predicted octanol–water partition coefficient (Wildman–Crippen LogP) is 2.64. The van der Waals surface area contributed by atoms with Gasteiger partial charge in [-0.25, -0.2) is 8.42 Å². The highest BCUT2D eigenvalue weighted by atomic mass is 32.2. The van der Waals surface area contributed by atoms with Gasteiger partial charge in [0.15, 0.2) is 0 Å². The highest BCUT2D eigenvalue weighted by Gasteiger charge is 2.17. The lowest BCUT2D eigenvalue weighted by atomic mass is 10.1.